The molecular formula is C24H16Na2O12. The number of rotatable bonds is 6. The van der Waals surface area contributed by atoms with Crippen LogP contribution in [0.4, 0.5) is 0 Å². The number of hydrogen-bond acceptors (Lipinski definition) is 8. The Morgan fingerprint density at radius 3 is 0.684 bits per heavy atom. The zero-order valence-corrected chi connectivity index (χ0v) is 24.0. The van der Waals surface area contributed by atoms with Crippen molar-refractivity contribution in [1.82, 2.24) is 0 Å². The second kappa shape index (κ2) is 17.9. The minimum absolute atomic E-state index is 0. The zero-order chi connectivity index (χ0) is 27.4. The standard InChI is InChI=1S/3C8H6O4.2Na/c3*9-7(10)5-3-1-2-4-6(5)8(11)12;;/h3*1-4H,(H,9,10)(H,11,12);;/q;;;2*+1/p-2. The van der Waals surface area contributed by atoms with Crippen molar-refractivity contribution in [3.05, 3.63) is 106 Å². The van der Waals surface area contributed by atoms with E-state index < -0.39 is 35.8 Å². The minimum atomic E-state index is -1.52. The van der Waals surface area contributed by atoms with Crippen LogP contribution < -0.4 is 69.3 Å². The molecule has 3 rings (SSSR count). The maximum absolute atomic E-state index is 10.5. The molecule has 14 heteroatoms. The van der Waals surface area contributed by atoms with Crippen molar-refractivity contribution in [2.45, 2.75) is 0 Å². The molecule has 0 saturated carbocycles. The van der Waals surface area contributed by atoms with Gasteiger partial charge < -0.3 is 40.2 Å². The van der Waals surface area contributed by atoms with Gasteiger partial charge in [-0.3, -0.25) is 0 Å². The van der Waals surface area contributed by atoms with Crippen LogP contribution in [0, 0.1) is 0 Å². The van der Waals surface area contributed by atoms with E-state index in [4.69, 9.17) is 20.4 Å². The Bertz CT molecular complexity index is 1060. The van der Waals surface area contributed by atoms with E-state index in [9.17, 15) is 39.0 Å². The number of carbonyl (C=O) groups excluding carboxylic acids is 2. The van der Waals surface area contributed by atoms with E-state index in [1.54, 1.807) is 0 Å². The van der Waals surface area contributed by atoms with Gasteiger partial charge in [-0.1, -0.05) is 48.5 Å². The third-order valence-corrected chi connectivity index (χ3v) is 4.14. The molecule has 0 atom stereocenters. The summed E-state index contributed by atoms with van der Waals surface area (Å²) >= 11 is 0. The summed E-state index contributed by atoms with van der Waals surface area (Å²) in [7, 11) is 0. The molecule has 38 heavy (non-hydrogen) atoms. The number of carbonyl (C=O) groups is 6. The molecule has 4 N–H and O–H groups in total. The largest absolute Gasteiger partial charge is 1.00 e. The predicted octanol–water partition coefficient (Wildman–Crippen LogP) is -5.41. The van der Waals surface area contributed by atoms with Crippen LogP contribution in [0.5, 0.6) is 0 Å². The van der Waals surface area contributed by atoms with E-state index in [2.05, 4.69) is 0 Å². The summed E-state index contributed by atoms with van der Waals surface area (Å²) in [4.78, 5) is 62.5. The Hall–Kier alpha value is -3.52. The third-order valence-electron chi connectivity index (χ3n) is 4.14. The first-order valence-electron chi connectivity index (χ1n) is 9.51. The molecule has 0 amide bonds. The molecule has 0 saturated heterocycles. The average molecular weight is 542 g/mol. The number of hydrogen-bond donors (Lipinski definition) is 4. The van der Waals surface area contributed by atoms with Gasteiger partial charge in [0.2, 0.25) is 0 Å². The summed E-state index contributed by atoms with van der Waals surface area (Å²) < 4.78 is 0. The summed E-state index contributed by atoms with van der Waals surface area (Å²) in [6.07, 6.45) is 0. The van der Waals surface area contributed by atoms with E-state index >= 15 is 0 Å². The van der Waals surface area contributed by atoms with Gasteiger partial charge in [0.25, 0.3) is 0 Å². The third kappa shape index (κ3) is 11.3. The first kappa shape index (κ1) is 36.6. The first-order valence-corrected chi connectivity index (χ1v) is 9.51. The van der Waals surface area contributed by atoms with Gasteiger partial charge in [0.1, 0.15) is 0 Å². The molecule has 0 bridgehead atoms. The molecule has 0 aliphatic rings. The van der Waals surface area contributed by atoms with E-state index in [0.29, 0.717) is 0 Å². The van der Waals surface area contributed by atoms with Gasteiger partial charge in [-0.05, 0) is 24.3 Å². The first-order chi connectivity index (χ1) is 16.9. The molecule has 0 aliphatic carbocycles. The predicted molar refractivity (Wildman–Crippen MR) is 116 cm³/mol. The van der Waals surface area contributed by atoms with Gasteiger partial charge in [-0.2, -0.15) is 0 Å². The second-order valence-corrected chi connectivity index (χ2v) is 6.43. The summed E-state index contributed by atoms with van der Waals surface area (Å²) in [6, 6.07) is 16.1. The topological polar surface area (TPSA) is 229 Å². The number of aromatic carboxylic acids is 6. The molecule has 0 aromatic heterocycles. The fourth-order valence-electron chi connectivity index (χ4n) is 2.55. The fourth-order valence-corrected chi connectivity index (χ4v) is 2.55. The van der Waals surface area contributed by atoms with Gasteiger partial charge in [0, 0.05) is 11.1 Å². The van der Waals surface area contributed by atoms with Gasteiger partial charge in [-0.25, -0.2) is 19.2 Å². The Morgan fingerprint density at radius 1 is 0.395 bits per heavy atom. The van der Waals surface area contributed by atoms with Gasteiger partial charge >= 0.3 is 83.0 Å². The van der Waals surface area contributed by atoms with Crippen LogP contribution >= 0.6 is 0 Å². The number of carboxylic acids is 6. The van der Waals surface area contributed by atoms with Gasteiger partial charge in [0.05, 0.1) is 34.2 Å². The Morgan fingerprint density at radius 2 is 0.553 bits per heavy atom. The molecule has 0 heterocycles. The average Bonchev–Trinajstić information content (AvgIpc) is 2.84. The van der Waals surface area contributed by atoms with Crippen LogP contribution in [-0.4, -0.2) is 56.2 Å². The van der Waals surface area contributed by atoms with Crippen molar-refractivity contribution in [1.29, 1.82) is 0 Å². The molecule has 186 valence electrons. The second-order valence-electron chi connectivity index (χ2n) is 6.43. The van der Waals surface area contributed by atoms with Crippen LogP contribution in [0.3, 0.4) is 0 Å². The molecule has 0 fully saturated rings. The van der Waals surface area contributed by atoms with Crippen LogP contribution in [0.2, 0.25) is 0 Å². The smallest absolute Gasteiger partial charge is 0.545 e. The van der Waals surface area contributed by atoms with Crippen molar-refractivity contribution < 1.29 is 119 Å². The fraction of sp³-hybridized carbons (Fsp3) is 0. The van der Waals surface area contributed by atoms with E-state index in [0.717, 1.165) is 12.1 Å². The molecule has 0 aliphatic heterocycles. The molecule has 12 nitrogen and oxygen atoms in total. The van der Waals surface area contributed by atoms with Crippen molar-refractivity contribution in [3.8, 4) is 0 Å². The van der Waals surface area contributed by atoms with Gasteiger partial charge in [-0.15, -0.1) is 0 Å². The quantitative estimate of drug-likeness (QED) is 0.214. The van der Waals surface area contributed by atoms with Crippen molar-refractivity contribution in [2.24, 2.45) is 0 Å². The van der Waals surface area contributed by atoms with Crippen LogP contribution in [0.15, 0.2) is 72.8 Å². The zero-order valence-electron chi connectivity index (χ0n) is 20.0. The minimum Gasteiger partial charge on any atom is -0.545 e. The Labute approximate surface area is 258 Å². The molecule has 0 unspecified atom stereocenters. The van der Waals surface area contributed by atoms with Crippen LogP contribution in [-0.2, 0) is 0 Å². The monoisotopic (exact) mass is 542 g/mol. The Balaban J connectivity index is 0. The molecule has 0 radical (unpaired) electrons. The SMILES string of the molecule is O=C(O)c1ccccc1C(=O)O.O=C(O)c1ccccc1C(=O)O.O=C([O-])c1ccccc1C(=O)[O-].[Na+].[Na+]. The summed E-state index contributed by atoms with van der Waals surface area (Å²) in [5.74, 6) is -7.95. The van der Waals surface area contributed by atoms with Crippen molar-refractivity contribution in [2.75, 3.05) is 0 Å². The van der Waals surface area contributed by atoms with E-state index in [-0.39, 0.29) is 92.5 Å². The summed E-state index contributed by atoms with van der Waals surface area (Å²) in [6.45, 7) is 0. The van der Waals surface area contributed by atoms with Gasteiger partial charge in [0.15, 0.2) is 0 Å². The number of carboxylic acid groups (broad SMARTS) is 6. The normalized spacial score (nSPS) is 8.84. The van der Waals surface area contributed by atoms with E-state index in [1.165, 1.54) is 60.7 Å². The summed E-state index contributed by atoms with van der Waals surface area (Å²) in [5.41, 5.74) is -1.49. The summed E-state index contributed by atoms with van der Waals surface area (Å²) in [5, 5.41) is 54.9. The molecule has 0 spiro atoms. The van der Waals surface area contributed by atoms with Crippen LogP contribution in [0.1, 0.15) is 62.1 Å². The molecule has 3 aromatic carbocycles. The molecular weight excluding hydrogens is 526 g/mol. The number of benzene rings is 3. The van der Waals surface area contributed by atoms with Crippen molar-refractivity contribution >= 4 is 35.8 Å². The van der Waals surface area contributed by atoms with E-state index in [1.807, 2.05) is 0 Å². The Kier molecular flexibility index (Phi) is 17.2. The maximum atomic E-state index is 10.5. The molecule has 3 aromatic rings. The van der Waals surface area contributed by atoms with Crippen LogP contribution in [0.25, 0.3) is 0 Å². The maximum Gasteiger partial charge on any atom is 1.00 e. The van der Waals surface area contributed by atoms with Crippen molar-refractivity contribution in [3.63, 3.8) is 0 Å².